The molecular weight excluding hydrogens is 1210 g/mol. The second-order valence-electron chi connectivity index (χ2n) is 28.1. The standard InChI is InChI=1S/C54H34.C47H32/c1-3-15-37(16-4-1)43-21-11-12-22-44(43)52-34-51(42-26-24-36-14-8-10-20-40(36)32-42)47-28-27-45-49(38-17-5-2-6-18-38)33-50(46-29-30-48(52)54(47)53(45)46)41-25-23-35-13-7-9-19-39(35)31-41;1-47(2)43-13-6-5-11-39(43)40-25-22-34(28-44(40)47)38-24-19-33-20-26-41-37(23-18-32-21-27-42(38)46(33)45(32)41)31-16-14-30(15-17-31)36-12-7-9-29-8-3-4-10-35(29)36/h1-34H;3-28H,1-2H3. The van der Waals surface area contributed by atoms with Gasteiger partial charge < -0.3 is 0 Å². The number of rotatable bonds is 8. The minimum atomic E-state index is -0.0240. The molecule has 0 unspecified atom stereocenters. The van der Waals surface area contributed by atoms with E-state index >= 15 is 0 Å². The van der Waals surface area contributed by atoms with Crippen LogP contribution in [-0.2, 0) is 5.41 Å². The van der Waals surface area contributed by atoms with Crippen LogP contribution >= 0.6 is 0 Å². The van der Waals surface area contributed by atoms with Gasteiger partial charge in [0, 0.05) is 5.41 Å². The van der Waals surface area contributed by atoms with E-state index in [9.17, 15) is 0 Å². The second-order valence-corrected chi connectivity index (χ2v) is 28.1. The first kappa shape index (κ1) is 58.4. The van der Waals surface area contributed by atoms with E-state index in [4.69, 9.17) is 0 Å². The molecule has 0 aromatic heterocycles. The Morgan fingerprint density at radius 3 is 1.08 bits per heavy atom. The topological polar surface area (TPSA) is 0 Å². The summed E-state index contributed by atoms with van der Waals surface area (Å²) in [4.78, 5) is 0. The molecule has 0 heteroatoms. The van der Waals surface area contributed by atoms with Gasteiger partial charge in [-0.05, 0) is 239 Å². The summed E-state index contributed by atoms with van der Waals surface area (Å²) in [7, 11) is 0. The fourth-order valence-electron chi connectivity index (χ4n) is 17.3. The third kappa shape index (κ3) is 9.44. The third-order valence-corrected chi connectivity index (χ3v) is 22.3. The summed E-state index contributed by atoms with van der Waals surface area (Å²) in [5, 5.41) is 23.2. The van der Waals surface area contributed by atoms with Gasteiger partial charge in [-0.2, -0.15) is 0 Å². The predicted octanol–water partition coefficient (Wildman–Crippen LogP) is 28.3. The Morgan fingerprint density at radius 2 is 0.485 bits per heavy atom. The molecule has 0 radical (unpaired) electrons. The number of hydrogen-bond donors (Lipinski definition) is 0. The van der Waals surface area contributed by atoms with Gasteiger partial charge in [0.15, 0.2) is 0 Å². The van der Waals surface area contributed by atoms with E-state index in [1.54, 1.807) is 0 Å². The zero-order chi connectivity index (χ0) is 66.9. The van der Waals surface area contributed by atoms with Crippen molar-refractivity contribution in [3.8, 4) is 100 Å². The first-order chi connectivity index (χ1) is 49.8. The molecule has 1 aliphatic carbocycles. The van der Waals surface area contributed by atoms with Gasteiger partial charge in [-0.1, -0.05) is 347 Å². The highest BCUT2D eigenvalue weighted by Gasteiger charge is 2.35. The first-order valence-electron chi connectivity index (χ1n) is 35.4. The van der Waals surface area contributed by atoms with Crippen LogP contribution in [0, 0.1) is 0 Å². The van der Waals surface area contributed by atoms with Crippen LogP contribution in [0.3, 0.4) is 0 Å². The number of benzene rings is 20. The maximum Gasteiger partial charge on any atom is 0.0159 e. The molecule has 0 saturated heterocycles. The molecule has 101 heavy (non-hydrogen) atoms. The molecular formula is C101H66. The Hall–Kier alpha value is -12.7. The van der Waals surface area contributed by atoms with Crippen molar-refractivity contribution in [3.05, 3.63) is 375 Å². The highest BCUT2D eigenvalue weighted by atomic mass is 14.4. The molecule has 0 fully saturated rings. The molecule has 0 spiro atoms. The SMILES string of the molecule is CC1(C)c2ccccc2-c2ccc(-c3ccc4ccc5c(-c6ccc(-c7cccc8ccccc78)cc6)ccc6ccc3c4c65)cc21.c1ccc(-c2ccccc2-c2cc(-c3ccc4ccccc4c3)c3ccc4c(-c5ccccc5)cc(-c5ccc6ccccc6c5)c5ccc2c3c45)cc1. The molecule has 1 aliphatic rings. The summed E-state index contributed by atoms with van der Waals surface area (Å²) in [6.45, 7) is 4.73. The van der Waals surface area contributed by atoms with Gasteiger partial charge in [0.05, 0.1) is 0 Å². The van der Waals surface area contributed by atoms with E-state index in [2.05, 4.69) is 378 Å². The van der Waals surface area contributed by atoms with Crippen molar-refractivity contribution < 1.29 is 0 Å². The lowest BCUT2D eigenvalue weighted by Gasteiger charge is -2.22. The lowest BCUT2D eigenvalue weighted by atomic mass is 9.81. The predicted molar refractivity (Wildman–Crippen MR) is 434 cm³/mol. The highest BCUT2D eigenvalue weighted by Crippen LogP contribution is 2.53. The summed E-state index contributed by atoms with van der Waals surface area (Å²) >= 11 is 0. The van der Waals surface area contributed by atoms with Gasteiger partial charge >= 0.3 is 0 Å². The average Bonchev–Trinajstić information content (AvgIpc) is 0.946. The van der Waals surface area contributed by atoms with Gasteiger partial charge in [-0.15, -0.1) is 0 Å². The van der Waals surface area contributed by atoms with Crippen LogP contribution in [0.15, 0.2) is 364 Å². The van der Waals surface area contributed by atoms with Crippen molar-refractivity contribution >= 4 is 97.0 Å². The molecule has 0 bridgehead atoms. The normalized spacial score (nSPS) is 12.5. The van der Waals surface area contributed by atoms with Crippen LogP contribution in [0.1, 0.15) is 25.0 Å². The molecule has 0 aliphatic heterocycles. The Kier molecular flexibility index (Phi) is 13.4. The molecule has 470 valence electrons. The summed E-state index contributed by atoms with van der Waals surface area (Å²) in [5.74, 6) is 0. The van der Waals surface area contributed by atoms with E-state index in [0.717, 1.165) is 0 Å². The van der Waals surface area contributed by atoms with E-state index in [1.165, 1.54) is 208 Å². The fraction of sp³-hybridized carbons (Fsp3) is 0.0297. The minimum Gasteiger partial charge on any atom is -0.0622 e. The minimum absolute atomic E-state index is 0.0240. The molecule has 0 amide bonds. The largest absolute Gasteiger partial charge is 0.0622 e. The summed E-state index contributed by atoms with van der Waals surface area (Å²) in [6.07, 6.45) is 0. The molecule has 20 aromatic rings. The number of fused-ring (bicyclic) bond motifs is 6. The molecule has 0 nitrogen and oxygen atoms in total. The van der Waals surface area contributed by atoms with Crippen LogP contribution in [0.2, 0.25) is 0 Å². The van der Waals surface area contributed by atoms with Gasteiger partial charge in [-0.25, -0.2) is 0 Å². The monoisotopic (exact) mass is 1280 g/mol. The summed E-state index contributed by atoms with van der Waals surface area (Å²) < 4.78 is 0. The molecule has 0 N–H and O–H groups in total. The molecule has 0 heterocycles. The van der Waals surface area contributed by atoms with Crippen molar-refractivity contribution in [1.29, 1.82) is 0 Å². The van der Waals surface area contributed by atoms with Crippen LogP contribution in [0.5, 0.6) is 0 Å². The summed E-state index contributed by atoms with van der Waals surface area (Å²) in [6, 6.07) is 135. The van der Waals surface area contributed by atoms with E-state index < -0.39 is 0 Å². The van der Waals surface area contributed by atoms with Gasteiger partial charge in [-0.3, -0.25) is 0 Å². The van der Waals surface area contributed by atoms with Crippen LogP contribution in [0.25, 0.3) is 197 Å². The quantitative estimate of drug-likeness (QED) is 0.133. The Balaban J connectivity index is 0.000000137. The van der Waals surface area contributed by atoms with Crippen molar-refractivity contribution in [2.24, 2.45) is 0 Å². The third-order valence-electron chi connectivity index (χ3n) is 22.3. The zero-order valence-corrected chi connectivity index (χ0v) is 56.1. The first-order valence-corrected chi connectivity index (χ1v) is 35.4. The van der Waals surface area contributed by atoms with Crippen molar-refractivity contribution in [2.75, 3.05) is 0 Å². The lowest BCUT2D eigenvalue weighted by molar-refractivity contribution is 0.660. The smallest absolute Gasteiger partial charge is 0.0159 e. The average molecular weight is 1280 g/mol. The van der Waals surface area contributed by atoms with Gasteiger partial charge in [0.1, 0.15) is 0 Å². The Labute approximate surface area is 587 Å². The Bertz CT molecular complexity index is 6680. The van der Waals surface area contributed by atoms with Crippen molar-refractivity contribution in [2.45, 2.75) is 19.3 Å². The molecule has 20 aromatic carbocycles. The van der Waals surface area contributed by atoms with Crippen LogP contribution in [-0.4, -0.2) is 0 Å². The molecule has 21 rings (SSSR count). The number of hydrogen-bond acceptors (Lipinski definition) is 0. The molecule has 0 saturated carbocycles. The fourth-order valence-corrected chi connectivity index (χ4v) is 17.3. The second kappa shape index (κ2) is 23.2. The Morgan fingerprint density at radius 1 is 0.149 bits per heavy atom. The zero-order valence-electron chi connectivity index (χ0n) is 56.1. The maximum atomic E-state index is 2.45. The maximum absolute atomic E-state index is 2.45. The van der Waals surface area contributed by atoms with Crippen molar-refractivity contribution in [3.63, 3.8) is 0 Å². The molecule has 0 atom stereocenters. The van der Waals surface area contributed by atoms with Gasteiger partial charge in [0.2, 0.25) is 0 Å². The lowest BCUT2D eigenvalue weighted by Crippen LogP contribution is -2.14. The van der Waals surface area contributed by atoms with Crippen molar-refractivity contribution in [1.82, 2.24) is 0 Å². The van der Waals surface area contributed by atoms with Crippen LogP contribution in [0.4, 0.5) is 0 Å². The van der Waals surface area contributed by atoms with E-state index in [-0.39, 0.29) is 5.41 Å². The summed E-state index contributed by atoms with van der Waals surface area (Å²) in [5.41, 5.74) is 25.5. The van der Waals surface area contributed by atoms with Gasteiger partial charge in [0.25, 0.3) is 0 Å². The van der Waals surface area contributed by atoms with Crippen LogP contribution < -0.4 is 0 Å². The van der Waals surface area contributed by atoms with E-state index in [1.807, 2.05) is 0 Å². The highest BCUT2D eigenvalue weighted by molar-refractivity contribution is 6.33. The van der Waals surface area contributed by atoms with E-state index in [0.29, 0.717) is 0 Å².